The zero-order chi connectivity index (χ0) is 20.3. The minimum Gasteiger partial charge on any atom is -0.461 e. The quantitative estimate of drug-likeness (QED) is 0.573. The molecule has 0 bridgehead atoms. The second kappa shape index (κ2) is 8.41. The molecule has 1 aromatic carbocycles. The van der Waals surface area contributed by atoms with E-state index in [2.05, 4.69) is 15.5 Å². The molecule has 9 nitrogen and oxygen atoms in total. The number of aromatic nitrogens is 3. The van der Waals surface area contributed by atoms with Crippen LogP contribution >= 0.6 is 11.8 Å². The minimum absolute atomic E-state index is 0.108. The van der Waals surface area contributed by atoms with Gasteiger partial charge in [-0.05, 0) is 37.1 Å². The van der Waals surface area contributed by atoms with Gasteiger partial charge in [-0.1, -0.05) is 11.8 Å². The number of furan rings is 1. The van der Waals surface area contributed by atoms with E-state index in [9.17, 15) is 4.79 Å². The smallest absolute Gasteiger partial charge is 0.234 e. The first-order valence-corrected chi connectivity index (χ1v) is 10.7. The summed E-state index contributed by atoms with van der Waals surface area (Å²) in [5.74, 6) is 2.61. The topological polar surface area (TPSA) is 101 Å². The average molecular weight is 428 g/mol. The first-order valence-electron chi connectivity index (χ1n) is 9.67. The molecule has 1 atom stereocenters. The lowest BCUT2D eigenvalue weighted by molar-refractivity contribution is -0.113. The second-order valence-electron chi connectivity index (χ2n) is 6.93. The minimum atomic E-state index is -0.148. The van der Waals surface area contributed by atoms with E-state index in [1.165, 1.54) is 11.8 Å². The van der Waals surface area contributed by atoms with Crippen LogP contribution in [0.2, 0.25) is 0 Å². The standard InChI is InChI=1S/C20H20N4O5S/c25-18(21-13-5-6-15-17(9-13)29-12-28-15)11-30-20-23-22-19(16-4-2-8-27-16)24(20)10-14-3-1-7-26-14/h2,4-6,8-9,14H,1,3,7,10-12H2,(H,21,25)/t14-/m1/s1. The van der Waals surface area contributed by atoms with Crippen LogP contribution in [0.3, 0.4) is 0 Å². The largest absolute Gasteiger partial charge is 0.461 e. The Hall–Kier alpha value is -2.98. The van der Waals surface area contributed by atoms with Gasteiger partial charge in [0.25, 0.3) is 0 Å². The molecule has 2 aliphatic heterocycles. The van der Waals surface area contributed by atoms with Gasteiger partial charge in [0.1, 0.15) is 0 Å². The van der Waals surface area contributed by atoms with E-state index in [4.69, 9.17) is 18.6 Å². The van der Waals surface area contributed by atoms with Crippen LogP contribution in [0.1, 0.15) is 12.8 Å². The number of amides is 1. The number of benzene rings is 1. The second-order valence-corrected chi connectivity index (χ2v) is 7.88. The molecule has 0 aliphatic carbocycles. The van der Waals surface area contributed by atoms with E-state index >= 15 is 0 Å². The van der Waals surface area contributed by atoms with Crippen molar-refractivity contribution in [2.75, 3.05) is 24.5 Å². The fourth-order valence-electron chi connectivity index (χ4n) is 3.44. The Morgan fingerprint density at radius 3 is 3.00 bits per heavy atom. The van der Waals surface area contributed by atoms with Crippen molar-refractivity contribution in [3.05, 3.63) is 36.6 Å². The fourth-order valence-corrected chi connectivity index (χ4v) is 4.19. The number of thioether (sulfide) groups is 1. The van der Waals surface area contributed by atoms with E-state index in [1.807, 2.05) is 16.7 Å². The van der Waals surface area contributed by atoms with Crippen molar-refractivity contribution in [2.24, 2.45) is 0 Å². The molecule has 1 fully saturated rings. The lowest BCUT2D eigenvalue weighted by atomic mass is 10.2. The third kappa shape index (κ3) is 4.01. The van der Waals surface area contributed by atoms with Gasteiger partial charge in [0.15, 0.2) is 22.4 Å². The van der Waals surface area contributed by atoms with Gasteiger partial charge in [-0.3, -0.25) is 9.36 Å². The first kappa shape index (κ1) is 19.0. The van der Waals surface area contributed by atoms with Gasteiger partial charge >= 0.3 is 0 Å². The third-order valence-electron chi connectivity index (χ3n) is 4.86. The molecular weight excluding hydrogens is 408 g/mol. The SMILES string of the molecule is O=C(CSc1nnc(-c2ccco2)n1C[C@H]1CCCO1)Nc1ccc2c(c1)OCO2. The Balaban J connectivity index is 1.27. The van der Waals surface area contributed by atoms with Gasteiger partial charge in [0.05, 0.1) is 24.7 Å². The number of ether oxygens (including phenoxy) is 3. The average Bonchev–Trinajstić information content (AvgIpc) is 3.53. The highest BCUT2D eigenvalue weighted by Crippen LogP contribution is 2.34. The molecule has 1 amide bonds. The Kier molecular flexibility index (Phi) is 5.33. The van der Waals surface area contributed by atoms with Crippen LogP contribution in [0.5, 0.6) is 11.5 Å². The summed E-state index contributed by atoms with van der Waals surface area (Å²) in [6.07, 6.45) is 3.75. The molecule has 1 N–H and O–H groups in total. The molecule has 2 aromatic heterocycles. The number of carbonyl (C=O) groups is 1. The van der Waals surface area contributed by atoms with E-state index in [0.29, 0.717) is 40.5 Å². The number of carbonyl (C=O) groups excluding carboxylic acids is 1. The fraction of sp³-hybridized carbons (Fsp3) is 0.350. The number of nitrogens with zero attached hydrogens (tertiary/aromatic N) is 3. The molecule has 4 heterocycles. The van der Waals surface area contributed by atoms with Crippen molar-refractivity contribution in [1.29, 1.82) is 0 Å². The van der Waals surface area contributed by atoms with Gasteiger partial charge in [-0.2, -0.15) is 0 Å². The molecule has 0 spiro atoms. The summed E-state index contributed by atoms with van der Waals surface area (Å²) in [5.41, 5.74) is 0.655. The number of hydrogen-bond acceptors (Lipinski definition) is 8. The van der Waals surface area contributed by atoms with Crippen molar-refractivity contribution in [3.63, 3.8) is 0 Å². The number of nitrogens with one attached hydrogen (secondary N) is 1. The van der Waals surface area contributed by atoms with Gasteiger partial charge in [-0.15, -0.1) is 10.2 Å². The van der Waals surface area contributed by atoms with Gasteiger partial charge < -0.3 is 23.9 Å². The van der Waals surface area contributed by atoms with Crippen molar-refractivity contribution in [1.82, 2.24) is 14.8 Å². The summed E-state index contributed by atoms with van der Waals surface area (Å²) < 4.78 is 23.9. The molecule has 1 saturated heterocycles. The summed E-state index contributed by atoms with van der Waals surface area (Å²) in [5, 5.41) is 12.1. The summed E-state index contributed by atoms with van der Waals surface area (Å²) in [6, 6.07) is 8.96. The van der Waals surface area contributed by atoms with Crippen LogP contribution < -0.4 is 14.8 Å². The number of hydrogen-bond donors (Lipinski definition) is 1. The van der Waals surface area contributed by atoms with Crippen LogP contribution in [-0.2, 0) is 16.1 Å². The molecule has 2 aliphatic rings. The maximum Gasteiger partial charge on any atom is 0.234 e. The van der Waals surface area contributed by atoms with Gasteiger partial charge in [0.2, 0.25) is 18.5 Å². The molecule has 0 unspecified atom stereocenters. The number of anilines is 1. The van der Waals surface area contributed by atoms with Crippen molar-refractivity contribution >= 4 is 23.4 Å². The van der Waals surface area contributed by atoms with Gasteiger partial charge in [0, 0.05) is 18.4 Å². The summed E-state index contributed by atoms with van der Waals surface area (Å²) in [6.45, 7) is 1.58. The zero-order valence-electron chi connectivity index (χ0n) is 16.1. The van der Waals surface area contributed by atoms with Crippen LogP contribution in [-0.4, -0.2) is 45.9 Å². The molecule has 0 radical (unpaired) electrons. The predicted octanol–water partition coefficient (Wildman–Crippen LogP) is 3.18. The molecular formula is C20H20N4O5S. The Morgan fingerprint density at radius 1 is 1.23 bits per heavy atom. The summed E-state index contributed by atoms with van der Waals surface area (Å²) in [4.78, 5) is 12.5. The van der Waals surface area contributed by atoms with Crippen LogP contribution in [0.25, 0.3) is 11.6 Å². The van der Waals surface area contributed by atoms with Crippen molar-refractivity contribution in [3.8, 4) is 23.1 Å². The number of fused-ring (bicyclic) bond motifs is 1. The predicted molar refractivity (Wildman–Crippen MR) is 109 cm³/mol. The van der Waals surface area contributed by atoms with Crippen LogP contribution in [0.15, 0.2) is 46.2 Å². The highest BCUT2D eigenvalue weighted by Gasteiger charge is 2.23. The monoisotopic (exact) mass is 428 g/mol. The number of rotatable bonds is 7. The zero-order valence-corrected chi connectivity index (χ0v) is 16.9. The maximum absolute atomic E-state index is 12.5. The van der Waals surface area contributed by atoms with Crippen LogP contribution in [0, 0.1) is 0 Å². The van der Waals surface area contributed by atoms with Crippen molar-refractivity contribution in [2.45, 2.75) is 30.6 Å². The van der Waals surface area contributed by atoms with E-state index < -0.39 is 0 Å². The molecule has 156 valence electrons. The first-order chi connectivity index (χ1) is 14.8. The molecule has 10 heteroatoms. The lowest BCUT2D eigenvalue weighted by Gasteiger charge is -2.14. The maximum atomic E-state index is 12.5. The normalized spacial score (nSPS) is 17.4. The summed E-state index contributed by atoms with van der Waals surface area (Å²) >= 11 is 1.33. The van der Waals surface area contributed by atoms with Crippen LogP contribution in [0.4, 0.5) is 5.69 Å². The third-order valence-corrected chi connectivity index (χ3v) is 5.82. The summed E-state index contributed by atoms with van der Waals surface area (Å²) in [7, 11) is 0. The molecule has 30 heavy (non-hydrogen) atoms. The van der Waals surface area contributed by atoms with E-state index in [1.54, 1.807) is 24.5 Å². The van der Waals surface area contributed by atoms with E-state index in [-0.39, 0.29) is 24.6 Å². The van der Waals surface area contributed by atoms with Crippen molar-refractivity contribution < 1.29 is 23.4 Å². The molecule has 3 aromatic rings. The Bertz CT molecular complexity index is 1030. The highest BCUT2D eigenvalue weighted by molar-refractivity contribution is 7.99. The lowest BCUT2D eigenvalue weighted by Crippen LogP contribution is -2.18. The highest BCUT2D eigenvalue weighted by atomic mass is 32.2. The van der Waals surface area contributed by atoms with Gasteiger partial charge in [-0.25, -0.2) is 0 Å². The van der Waals surface area contributed by atoms with E-state index in [0.717, 1.165) is 19.4 Å². The Labute approximate surface area is 176 Å². The Morgan fingerprint density at radius 2 is 2.17 bits per heavy atom. The molecule has 5 rings (SSSR count). The molecule has 0 saturated carbocycles.